The highest BCUT2D eigenvalue weighted by Crippen LogP contribution is 2.18. The minimum atomic E-state index is 0.0716. The molecule has 2 nitrogen and oxygen atoms in total. The Morgan fingerprint density at radius 3 is 2.32 bits per heavy atom. The Hall–Kier alpha value is -2.09. The molecule has 0 spiro atoms. The average molecular weight is 294 g/mol. The molecule has 0 fully saturated rings. The molecule has 0 saturated carbocycles. The van der Waals surface area contributed by atoms with Crippen LogP contribution in [0.25, 0.3) is 0 Å². The zero-order chi connectivity index (χ0) is 15.6. The van der Waals surface area contributed by atoms with Crippen LogP contribution in [-0.4, -0.2) is 12.5 Å². The quantitative estimate of drug-likeness (QED) is 0.620. The predicted octanol–water partition coefficient (Wildman–Crippen LogP) is 5.10. The van der Waals surface area contributed by atoms with Crippen LogP contribution in [-0.2, 0) is 0 Å². The van der Waals surface area contributed by atoms with E-state index in [1.54, 1.807) is 0 Å². The molecule has 0 aliphatic heterocycles. The van der Waals surface area contributed by atoms with Crippen molar-refractivity contribution in [1.82, 2.24) is 0 Å². The molecule has 0 unspecified atom stereocenters. The van der Waals surface area contributed by atoms with Crippen molar-refractivity contribution in [3.63, 3.8) is 0 Å². The number of benzene rings is 2. The maximum absolute atomic E-state index is 12.8. The van der Waals surface area contributed by atoms with E-state index in [4.69, 9.17) is 0 Å². The van der Waals surface area contributed by atoms with Crippen LogP contribution >= 0.6 is 0 Å². The van der Waals surface area contributed by atoms with E-state index in [-0.39, 0.29) is 5.91 Å². The van der Waals surface area contributed by atoms with Gasteiger partial charge in [0.15, 0.2) is 0 Å². The topological polar surface area (TPSA) is 20.3 Å². The Kier molecular flexibility index (Phi) is 6.69. The first-order valence-corrected chi connectivity index (χ1v) is 8.16. The van der Waals surface area contributed by atoms with E-state index in [2.05, 4.69) is 13.0 Å². The molecule has 1 amide bonds. The number of nitrogens with zero attached hydrogens (tertiary/aromatic N) is 1. The van der Waals surface area contributed by atoms with E-state index in [0.717, 1.165) is 24.2 Å². The molecule has 2 rings (SSSR count). The second-order valence-electron chi connectivity index (χ2n) is 5.50. The summed E-state index contributed by atoms with van der Waals surface area (Å²) in [6, 6.07) is 20.1. The number of anilines is 1. The van der Waals surface area contributed by atoms with Crippen molar-refractivity contribution in [1.29, 1.82) is 0 Å². The van der Waals surface area contributed by atoms with Crippen LogP contribution in [0.1, 0.15) is 49.4 Å². The fourth-order valence-corrected chi connectivity index (χ4v) is 2.52. The zero-order valence-corrected chi connectivity index (χ0v) is 13.3. The van der Waals surface area contributed by atoms with Crippen LogP contribution in [0.3, 0.4) is 0 Å². The summed E-state index contributed by atoms with van der Waals surface area (Å²) in [5, 5.41) is 0. The molecule has 2 aromatic rings. The predicted molar refractivity (Wildman–Crippen MR) is 92.2 cm³/mol. The summed E-state index contributed by atoms with van der Waals surface area (Å²) in [6.45, 7) is 2.98. The molecule has 0 aliphatic carbocycles. The van der Waals surface area contributed by atoms with Gasteiger partial charge < -0.3 is 4.90 Å². The third-order valence-electron chi connectivity index (χ3n) is 3.76. The van der Waals surface area contributed by atoms with E-state index in [1.165, 1.54) is 25.7 Å². The lowest BCUT2D eigenvalue weighted by Gasteiger charge is -2.23. The van der Waals surface area contributed by atoms with E-state index >= 15 is 0 Å². The van der Waals surface area contributed by atoms with Gasteiger partial charge in [-0.1, -0.05) is 62.9 Å². The highest BCUT2D eigenvalue weighted by molar-refractivity contribution is 6.06. The molecular weight excluding hydrogens is 270 g/mol. The lowest BCUT2D eigenvalue weighted by Crippen LogP contribution is -2.31. The van der Waals surface area contributed by atoms with Crippen LogP contribution in [0, 0.1) is 6.07 Å². The highest BCUT2D eigenvalue weighted by atomic mass is 16.2. The third kappa shape index (κ3) is 4.73. The van der Waals surface area contributed by atoms with Gasteiger partial charge >= 0.3 is 0 Å². The fourth-order valence-electron chi connectivity index (χ4n) is 2.52. The minimum absolute atomic E-state index is 0.0716. The highest BCUT2D eigenvalue weighted by Gasteiger charge is 2.16. The Morgan fingerprint density at radius 1 is 0.955 bits per heavy atom. The Morgan fingerprint density at radius 2 is 1.64 bits per heavy atom. The van der Waals surface area contributed by atoms with Gasteiger partial charge in [-0.25, -0.2) is 0 Å². The largest absolute Gasteiger partial charge is 0.308 e. The molecule has 0 aromatic heterocycles. The molecule has 115 valence electrons. The molecule has 2 aromatic carbocycles. The lowest BCUT2D eigenvalue weighted by molar-refractivity contribution is 0.0986. The number of hydrogen-bond donors (Lipinski definition) is 0. The maximum Gasteiger partial charge on any atom is 0.258 e. The number of hydrogen-bond acceptors (Lipinski definition) is 1. The molecule has 0 N–H and O–H groups in total. The van der Waals surface area contributed by atoms with Crippen LogP contribution in [0.5, 0.6) is 0 Å². The van der Waals surface area contributed by atoms with E-state index in [1.807, 2.05) is 59.5 Å². The summed E-state index contributed by atoms with van der Waals surface area (Å²) in [4.78, 5) is 14.7. The first-order valence-electron chi connectivity index (χ1n) is 8.16. The summed E-state index contributed by atoms with van der Waals surface area (Å²) < 4.78 is 0. The van der Waals surface area contributed by atoms with Gasteiger partial charge in [-0.15, -0.1) is 0 Å². The number of carbonyl (C=O) groups excluding carboxylic acids is 1. The molecular formula is C20H24NO. The average Bonchev–Trinajstić information content (AvgIpc) is 2.59. The van der Waals surface area contributed by atoms with Crippen molar-refractivity contribution in [2.75, 3.05) is 11.4 Å². The second kappa shape index (κ2) is 9.04. The van der Waals surface area contributed by atoms with Gasteiger partial charge in [0.25, 0.3) is 5.91 Å². The normalized spacial score (nSPS) is 10.4. The van der Waals surface area contributed by atoms with Crippen molar-refractivity contribution in [3.8, 4) is 0 Å². The zero-order valence-electron chi connectivity index (χ0n) is 13.3. The van der Waals surface area contributed by atoms with Crippen molar-refractivity contribution >= 4 is 11.6 Å². The number of rotatable bonds is 8. The van der Waals surface area contributed by atoms with Crippen molar-refractivity contribution in [2.24, 2.45) is 0 Å². The fraction of sp³-hybridized carbons (Fsp3) is 0.350. The third-order valence-corrected chi connectivity index (χ3v) is 3.76. The van der Waals surface area contributed by atoms with Gasteiger partial charge in [-0.3, -0.25) is 4.79 Å². The van der Waals surface area contributed by atoms with Crippen LogP contribution < -0.4 is 4.90 Å². The number of unbranched alkanes of at least 4 members (excludes halogenated alkanes) is 4. The van der Waals surface area contributed by atoms with Gasteiger partial charge in [0.2, 0.25) is 0 Å². The van der Waals surface area contributed by atoms with Gasteiger partial charge in [0.1, 0.15) is 0 Å². The molecule has 0 saturated heterocycles. The number of amides is 1. The first-order chi connectivity index (χ1) is 10.8. The van der Waals surface area contributed by atoms with Crippen molar-refractivity contribution in [2.45, 2.75) is 39.0 Å². The second-order valence-corrected chi connectivity index (χ2v) is 5.50. The first kappa shape index (κ1) is 16.3. The minimum Gasteiger partial charge on any atom is -0.308 e. The monoisotopic (exact) mass is 294 g/mol. The van der Waals surface area contributed by atoms with Gasteiger partial charge in [-0.05, 0) is 36.8 Å². The Bertz CT molecular complexity index is 550. The standard InChI is InChI=1S/C20H24NO/c1-2-3-4-5-12-17-21(19-15-10-7-11-16-19)20(22)18-13-8-6-9-14-18/h6,8-11,13-16H,2-5,12,17H2,1H3. The SMILES string of the molecule is CCCCCCCN(C(=O)c1ccccc1)c1cc[c]cc1. The van der Waals surface area contributed by atoms with Gasteiger partial charge in [0.05, 0.1) is 0 Å². The van der Waals surface area contributed by atoms with E-state index < -0.39 is 0 Å². The summed E-state index contributed by atoms with van der Waals surface area (Å²) in [6.07, 6.45) is 5.96. The molecule has 22 heavy (non-hydrogen) atoms. The smallest absolute Gasteiger partial charge is 0.258 e. The van der Waals surface area contributed by atoms with E-state index in [9.17, 15) is 4.79 Å². The summed E-state index contributed by atoms with van der Waals surface area (Å²) in [5.41, 5.74) is 1.69. The van der Waals surface area contributed by atoms with Gasteiger partial charge in [-0.2, -0.15) is 0 Å². The molecule has 2 heteroatoms. The molecule has 0 aliphatic rings. The van der Waals surface area contributed by atoms with Crippen LogP contribution in [0.4, 0.5) is 5.69 Å². The molecule has 0 heterocycles. The van der Waals surface area contributed by atoms with Crippen molar-refractivity contribution in [3.05, 3.63) is 66.2 Å². The summed E-state index contributed by atoms with van der Waals surface area (Å²) >= 11 is 0. The lowest BCUT2D eigenvalue weighted by atomic mass is 10.1. The molecule has 0 bridgehead atoms. The molecule has 1 radical (unpaired) electrons. The number of carbonyl (C=O) groups is 1. The summed E-state index contributed by atoms with van der Waals surface area (Å²) in [7, 11) is 0. The Labute approximate surface area is 133 Å². The van der Waals surface area contributed by atoms with Crippen LogP contribution in [0.15, 0.2) is 54.6 Å². The summed E-state index contributed by atoms with van der Waals surface area (Å²) in [5.74, 6) is 0.0716. The van der Waals surface area contributed by atoms with E-state index in [0.29, 0.717) is 0 Å². The van der Waals surface area contributed by atoms with Crippen LogP contribution in [0.2, 0.25) is 0 Å². The maximum atomic E-state index is 12.8. The van der Waals surface area contributed by atoms with Gasteiger partial charge in [0, 0.05) is 17.8 Å². The Balaban J connectivity index is 2.07. The van der Waals surface area contributed by atoms with Crippen molar-refractivity contribution < 1.29 is 4.79 Å². The molecule has 0 atom stereocenters.